The number of likely N-dealkylation sites (tertiary alicyclic amines) is 1. The third kappa shape index (κ3) is 3.31. The van der Waals surface area contributed by atoms with Crippen LogP contribution in [0, 0.1) is 0 Å². The number of benzene rings is 2. The summed E-state index contributed by atoms with van der Waals surface area (Å²) in [6.07, 6.45) is 1.64. The Morgan fingerprint density at radius 1 is 1.10 bits per heavy atom. The Morgan fingerprint density at radius 3 is 2.72 bits per heavy atom. The molecule has 6 nitrogen and oxygen atoms in total. The Kier molecular flexibility index (Phi) is 4.39. The third-order valence-corrected chi connectivity index (χ3v) is 5.61. The normalized spacial score (nSPS) is 19.8. The Morgan fingerprint density at radius 2 is 1.90 bits per heavy atom. The second kappa shape index (κ2) is 7.20. The lowest BCUT2D eigenvalue weighted by atomic mass is 9.84. The summed E-state index contributed by atoms with van der Waals surface area (Å²) < 4.78 is 11.5. The number of hydrogen-bond acceptors (Lipinski definition) is 5. The van der Waals surface area contributed by atoms with Crippen LogP contribution in [-0.2, 0) is 11.2 Å². The number of rotatable bonds is 4. The van der Waals surface area contributed by atoms with Crippen LogP contribution in [0.25, 0.3) is 11.0 Å². The first-order valence-electron chi connectivity index (χ1n) is 9.79. The molecule has 29 heavy (non-hydrogen) atoms. The van der Waals surface area contributed by atoms with Crippen molar-refractivity contribution < 1.29 is 13.7 Å². The van der Waals surface area contributed by atoms with Gasteiger partial charge in [-0.2, -0.15) is 4.98 Å². The maximum Gasteiger partial charge on any atom is 0.232 e. The Hall–Kier alpha value is -3.41. The average molecular weight is 387 g/mol. The fourth-order valence-corrected chi connectivity index (χ4v) is 4.17. The fourth-order valence-electron chi connectivity index (χ4n) is 4.17. The number of para-hydroxylation sites is 1. The largest absolute Gasteiger partial charge is 0.461 e. The van der Waals surface area contributed by atoms with Crippen LogP contribution >= 0.6 is 0 Å². The van der Waals surface area contributed by atoms with Gasteiger partial charge < -0.3 is 13.8 Å². The van der Waals surface area contributed by atoms with Crippen molar-refractivity contribution in [2.45, 2.75) is 31.2 Å². The molecule has 0 bridgehead atoms. The summed E-state index contributed by atoms with van der Waals surface area (Å²) >= 11 is 0. The van der Waals surface area contributed by atoms with Gasteiger partial charge in [-0.05, 0) is 24.1 Å². The number of carbonyl (C=O) groups excluding carboxylic acids is 1. The predicted molar refractivity (Wildman–Crippen MR) is 107 cm³/mol. The van der Waals surface area contributed by atoms with E-state index in [2.05, 4.69) is 10.1 Å². The Labute approximate surface area is 168 Å². The molecule has 0 saturated carbocycles. The summed E-state index contributed by atoms with van der Waals surface area (Å²) in [4.78, 5) is 18.8. The zero-order valence-electron chi connectivity index (χ0n) is 16.1. The molecule has 2 unspecified atom stereocenters. The summed E-state index contributed by atoms with van der Waals surface area (Å²) in [6, 6.07) is 19.8. The molecule has 146 valence electrons. The van der Waals surface area contributed by atoms with Crippen LogP contribution in [0.15, 0.2) is 69.6 Å². The van der Waals surface area contributed by atoms with E-state index < -0.39 is 0 Å². The van der Waals surface area contributed by atoms with Crippen LogP contribution in [0.2, 0.25) is 0 Å². The summed E-state index contributed by atoms with van der Waals surface area (Å²) in [5, 5.41) is 5.24. The molecule has 4 aromatic rings. The lowest BCUT2D eigenvalue weighted by Crippen LogP contribution is -2.39. The first kappa shape index (κ1) is 17.7. The van der Waals surface area contributed by atoms with E-state index in [1.807, 2.05) is 67.7 Å². The molecule has 1 aliphatic heterocycles. The molecule has 1 fully saturated rings. The number of nitrogens with zero attached hydrogens (tertiary/aromatic N) is 3. The van der Waals surface area contributed by atoms with Gasteiger partial charge in [0.05, 0.1) is 18.4 Å². The number of amides is 1. The quantitative estimate of drug-likeness (QED) is 0.516. The molecule has 5 rings (SSSR count). The lowest BCUT2D eigenvalue weighted by Gasteiger charge is -2.37. The van der Waals surface area contributed by atoms with Gasteiger partial charge in [-0.1, -0.05) is 53.7 Å². The van der Waals surface area contributed by atoms with Gasteiger partial charge in [-0.3, -0.25) is 4.79 Å². The van der Waals surface area contributed by atoms with Crippen molar-refractivity contribution in [3.05, 3.63) is 83.7 Å². The van der Waals surface area contributed by atoms with Gasteiger partial charge in [0.15, 0.2) is 5.82 Å². The summed E-state index contributed by atoms with van der Waals surface area (Å²) in [5.74, 6) is 2.07. The van der Waals surface area contributed by atoms with E-state index in [0.717, 1.165) is 22.3 Å². The highest BCUT2D eigenvalue weighted by Gasteiger charge is 2.38. The Balaban J connectivity index is 1.42. The number of carbonyl (C=O) groups is 1. The number of likely N-dealkylation sites (N-methyl/N-ethyl adjacent to an activating group) is 1. The first-order valence-corrected chi connectivity index (χ1v) is 9.79. The molecule has 1 amide bonds. The summed E-state index contributed by atoms with van der Waals surface area (Å²) in [7, 11) is 1.85. The van der Waals surface area contributed by atoms with Crippen LogP contribution in [0.5, 0.6) is 0 Å². The highest BCUT2D eigenvalue weighted by atomic mass is 16.5. The highest BCUT2D eigenvalue weighted by molar-refractivity contribution is 5.78. The number of aromatic nitrogens is 2. The third-order valence-electron chi connectivity index (χ3n) is 5.61. The Bertz CT molecular complexity index is 1120. The molecule has 1 aliphatic rings. The monoisotopic (exact) mass is 387 g/mol. The predicted octanol–water partition coefficient (Wildman–Crippen LogP) is 4.48. The van der Waals surface area contributed by atoms with E-state index in [1.54, 1.807) is 4.90 Å². The van der Waals surface area contributed by atoms with E-state index >= 15 is 0 Å². The second-order valence-corrected chi connectivity index (χ2v) is 7.48. The van der Waals surface area contributed by atoms with E-state index in [0.29, 0.717) is 31.0 Å². The minimum absolute atomic E-state index is 0.0305. The van der Waals surface area contributed by atoms with Crippen molar-refractivity contribution in [1.29, 1.82) is 0 Å². The van der Waals surface area contributed by atoms with E-state index in [4.69, 9.17) is 8.94 Å². The van der Waals surface area contributed by atoms with Crippen molar-refractivity contribution in [2.24, 2.45) is 0 Å². The minimum Gasteiger partial charge on any atom is -0.461 e. The molecule has 2 atom stereocenters. The molecule has 2 aromatic carbocycles. The number of fused-ring (bicyclic) bond motifs is 1. The molecule has 2 aromatic heterocycles. The molecular formula is C23H21N3O3. The minimum atomic E-state index is -0.114. The highest BCUT2D eigenvalue weighted by Crippen LogP contribution is 2.41. The molecule has 0 aliphatic carbocycles. The maximum atomic E-state index is 12.3. The first-order chi connectivity index (χ1) is 14.2. The van der Waals surface area contributed by atoms with Crippen LogP contribution in [-0.4, -0.2) is 28.0 Å². The molecule has 0 N–H and O–H groups in total. The van der Waals surface area contributed by atoms with Crippen LogP contribution in [0.1, 0.15) is 47.8 Å². The van der Waals surface area contributed by atoms with Crippen molar-refractivity contribution in [3.8, 4) is 0 Å². The van der Waals surface area contributed by atoms with Gasteiger partial charge in [-0.25, -0.2) is 0 Å². The van der Waals surface area contributed by atoms with Crippen LogP contribution in [0.4, 0.5) is 0 Å². The zero-order chi connectivity index (χ0) is 19.8. The average Bonchev–Trinajstić information content (AvgIpc) is 3.37. The fraction of sp³-hybridized carbons (Fsp3) is 0.261. The van der Waals surface area contributed by atoms with Crippen molar-refractivity contribution in [2.75, 3.05) is 7.05 Å². The van der Waals surface area contributed by atoms with E-state index in [9.17, 15) is 4.79 Å². The lowest BCUT2D eigenvalue weighted by molar-refractivity contribution is -0.135. The molecule has 3 heterocycles. The van der Waals surface area contributed by atoms with Crippen LogP contribution < -0.4 is 0 Å². The molecule has 0 radical (unpaired) electrons. The zero-order valence-corrected chi connectivity index (χ0v) is 16.1. The van der Waals surface area contributed by atoms with Gasteiger partial charge in [0.1, 0.15) is 11.3 Å². The second-order valence-electron chi connectivity index (χ2n) is 7.48. The van der Waals surface area contributed by atoms with E-state index in [-0.39, 0.29) is 17.9 Å². The number of piperidine rings is 1. The van der Waals surface area contributed by atoms with Crippen molar-refractivity contribution in [3.63, 3.8) is 0 Å². The van der Waals surface area contributed by atoms with Gasteiger partial charge in [0.2, 0.25) is 11.8 Å². The molecule has 6 heteroatoms. The van der Waals surface area contributed by atoms with Gasteiger partial charge >= 0.3 is 0 Å². The topological polar surface area (TPSA) is 72.4 Å². The SMILES string of the molecule is CN1C(=O)CCC(c2nc(Cc3cc4ccccc4o3)no2)C1c1ccccc1. The van der Waals surface area contributed by atoms with Crippen molar-refractivity contribution in [1.82, 2.24) is 15.0 Å². The molecule has 1 saturated heterocycles. The van der Waals surface area contributed by atoms with Crippen molar-refractivity contribution >= 4 is 16.9 Å². The summed E-state index contributed by atoms with van der Waals surface area (Å²) in [5.41, 5.74) is 1.92. The summed E-state index contributed by atoms with van der Waals surface area (Å²) in [6.45, 7) is 0. The number of furan rings is 1. The van der Waals surface area contributed by atoms with Gasteiger partial charge in [-0.15, -0.1) is 0 Å². The van der Waals surface area contributed by atoms with Gasteiger partial charge in [0, 0.05) is 18.9 Å². The van der Waals surface area contributed by atoms with Gasteiger partial charge in [0.25, 0.3) is 0 Å². The smallest absolute Gasteiger partial charge is 0.232 e. The van der Waals surface area contributed by atoms with E-state index in [1.165, 1.54) is 0 Å². The number of hydrogen-bond donors (Lipinski definition) is 0. The maximum absolute atomic E-state index is 12.3. The molecular weight excluding hydrogens is 366 g/mol. The standard InChI is InChI=1S/C23H21N3O3/c1-26-21(27)12-11-18(22(26)15-7-3-2-4-8-15)23-24-20(25-29-23)14-17-13-16-9-5-6-10-19(16)28-17/h2-10,13,18,22H,11-12,14H2,1H3. The molecule has 0 spiro atoms. The van der Waals surface area contributed by atoms with Crippen LogP contribution in [0.3, 0.4) is 0 Å².